The van der Waals surface area contributed by atoms with Gasteiger partial charge in [0.15, 0.2) is 0 Å². The van der Waals surface area contributed by atoms with Gasteiger partial charge in [0.2, 0.25) is 0 Å². The monoisotopic (exact) mass is 389 g/mol. The topological polar surface area (TPSA) is 97.2 Å². The van der Waals surface area contributed by atoms with Crippen molar-refractivity contribution in [1.29, 1.82) is 5.26 Å². The van der Waals surface area contributed by atoms with Crippen molar-refractivity contribution in [2.24, 2.45) is 0 Å². The second kappa shape index (κ2) is 8.12. The minimum Gasteiger partial charge on any atom is -0.444 e. The first-order chi connectivity index (χ1) is 14.1. The van der Waals surface area contributed by atoms with Crippen LogP contribution in [0.4, 0.5) is 5.82 Å². The highest BCUT2D eigenvalue weighted by Gasteiger charge is 2.22. The number of hydrogen-bond donors (Lipinski definition) is 0. The molecule has 2 aromatic carbocycles. The quantitative estimate of drug-likeness (QED) is 0.502. The molecule has 8 heteroatoms. The SMILES string of the molecule is N#Cc1cccc(-c2cccc(CN3CCOc4nc([N+](=O)[O-])cn4CC3)c2)c1. The molecular weight excluding hydrogens is 370 g/mol. The van der Waals surface area contributed by atoms with Crippen molar-refractivity contribution >= 4 is 5.82 Å². The zero-order chi connectivity index (χ0) is 20.2. The van der Waals surface area contributed by atoms with Crippen LogP contribution in [0.5, 0.6) is 6.01 Å². The molecule has 0 unspecified atom stereocenters. The Bertz CT molecular complexity index is 1090. The number of ether oxygens (including phenoxy) is 1. The number of imidazole rings is 1. The van der Waals surface area contributed by atoms with E-state index in [9.17, 15) is 10.1 Å². The van der Waals surface area contributed by atoms with E-state index in [-0.39, 0.29) is 5.82 Å². The number of rotatable bonds is 4. The summed E-state index contributed by atoms with van der Waals surface area (Å²) in [4.78, 5) is 16.6. The van der Waals surface area contributed by atoms with Crippen molar-refractivity contribution in [2.75, 3.05) is 19.7 Å². The standard InChI is InChI=1S/C21H19N5O3/c22-13-16-3-1-5-18(11-16)19-6-2-4-17(12-19)14-24-7-8-25-15-20(26(27)28)23-21(25)29-10-9-24/h1-6,11-12,15H,7-10,14H2. The first-order valence-electron chi connectivity index (χ1n) is 9.28. The maximum Gasteiger partial charge on any atom is 0.414 e. The average Bonchev–Trinajstić information content (AvgIpc) is 3.13. The summed E-state index contributed by atoms with van der Waals surface area (Å²) < 4.78 is 7.31. The van der Waals surface area contributed by atoms with Crippen LogP contribution in [0.1, 0.15) is 11.1 Å². The van der Waals surface area contributed by atoms with E-state index in [4.69, 9.17) is 10.00 Å². The highest BCUT2D eigenvalue weighted by Crippen LogP contribution is 2.23. The summed E-state index contributed by atoms with van der Waals surface area (Å²) >= 11 is 0. The van der Waals surface area contributed by atoms with Gasteiger partial charge in [-0.2, -0.15) is 5.26 Å². The number of aromatic nitrogens is 2. The molecule has 146 valence electrons. The maximum atomic E-state index is 10.9. The molecule has 0 aliphatic carbocycles. The van der Waals surface area contributed by atoms with Crippen LogP contribution in [-0.4, -0.2) is 39.1 Å². The fourth-order valence-corrected chi connectivity index (χ4v) is 3.41. The van der Waals surface area contributed by atoms with Gasteiger partial charge >= 0.3 is 11.8 Å². The first-order valence-corrected chi connectivity index (χ1v) is 9.28. The highest BCUT2D eigenvalue weighted by molar-refractivity contribution is 5.65. The smallest absolute Gasteiger partial charge is 0.414 e. The Labute approximate surface area is 167 Å². The molecule has 0 spiro atoms. The highest BCUT2D eigenvalue weighted by atomic mass is 16.6. The number of nitriles is 1. The number of nitro groups is 1. The molecule has 0 saturated heterocycles. The third-order valence-electron chi connectivity index (χ3n) is 4.87. The molecule has 1 aliphatic rings. The molecule has 0 amide bonds. The Morgan fingerprint density at radius 2 is 1.93 bits per heavy atom. The molecule has 0 atom stereocenters. The van der Waals surface area contributed by atoms with Crippen LogP contribution < -0.4 is 4.74 Å². The molecule has 3 aromatic rings. The predicted molar refractivity (Wildman–Crippen MR) is 106 cm³/mol. The van der Waals surface area contributed by atoms with Gasteiger partial charge in [-0.3, -0.25) is 9.47 Å². The summed E-state index contributed by atoms with van der Waals surface area (Å²) in [5.74, 6) is -0.194. The normalized spacial score (nSPS) is 14.2. The molecule has 1 aromatic heterocycles. The van der Waals surface area contributed by atoms with Crippen molar-refractivity contribution in [1.82, 2.24) is 14.5 Å². The van der Waals surface area contributed by atoms with Gasteiger partial charge in [0.1, 0.15) is 12.8 Å². The lowest BCUT2D eigenvalue weighted by Gasteiger charge is -2.24. The Kier molecular flexibility index (Phi) is 5.22. The number of nitrogens with zero attached hydrogens (tertiary/aromatic N) is 5. The van der Waals surface area contributed by atoms with Gasteiger partial charge in [-0.15, -0.1) is 0 Å². The van der Waals surface area contributed by atoms with Crippen LogP contribution in [0.25, 0.3) is 11.1 Å². The largest absolute Gasteiger partial charge is 0.444 e. The number of hydrogen-bond acceptors (Lipinski definition) is 6. The lowest BCUT2D eigenvalue weighted by molar-refractivity contribution is -0.389. The zero-order valence-electron chi connectivity index (χ0n) is 15.7. The third kappa shape index (κ3) is 4.25. The van der Waals surface area contributed by atoms with Crippen molar-refractivity contribution in [3.63, 3.8) is 0 Å². The molecule has 0 bridgehead atoms. The molecule has 8 nitrogen and oxygen atoms in total. The van der Waals surface area contributed by atoms with Crippen LogP contribution in [0, 0.1) is 21.4 Å². The van der Waals surface area contributed by atoms with Crippen LogP contribution in [0.3, 0.4) is 0 Å². The lowest BCUT2D eigenvalue weighted by atomic mass is 10.0. The van der Waals surface area contributed by atoms with Gasteiger partial charge in [-0.1, -0.05) is 30.3 Å². The van der Waals surface area contributed by atoms with Gasteiger partial charge in [0, 0.05) is 31.2 Å². The van der Waals surface area contributed by atoms with Crippen molar-refractivity contribution in [3.05, 3.63) is 76.0 Å². The van der Waals surface area contributed by atoms with E-state index in [2.05, 4.69) is 28.1 Å². The van der Waals surface area contributed by atoms with Gasteiger partial charge in [-0.05, 0) is 39.8 Å². The average molecular weight is 389 g/mol. The minimum atomic E-state index is -0.508. The van der Waals surface area contributed by atoms with Crippen LogP contribution in [-0.2, 0) is 13.1 Å². The second-order valence-corrected chi connectivity index (χ2v) is 6.85. The summed E-state index contributed by atoms with van der Waals surface area (Å²) in [6, 6.07) is 18.3. The van der Waals surface area contributed by atoms with E-state index in [0.717, 1.165) is 29.8 Å². The lowest BCUT2D eigenvalue weighted by Crippen LogP contribution is -2.33. The third-order valence-corrected chi connectivity index (χ3v) is 4.87. The summed E-state index contributed by atoms with van der Waals surface area (Å²) in [6.45, 7) is 3.16. The summed E-state index contributed by atoms with van der Waals surface area (Å²) in [5, 5.41) is 20.1. The first kappa shape index (κ1) is 18.7. The Morgan fingerprint density at radius 3 is 2.72 bits per heavy atom. The fraction of sp³-hybridized carbons (Fsp3) is 0.238. The molecule has 0 fully saturated rings. The van der Waals surface area contributed by atoms with E-state index in [0.29, 0.717) is 31.3 Å². The van der Waals surface area contributed by atoms with Crippen LogP contribution in [0.15, 0.2) is 54.7 Å². The second-order valence-electron chi connectivity index (χ2n) is 6.85. The fourth-order valence-electron chi connectivity index (χ4n) is 3.41. The van der Waals surface area contributed by atoms with E-state index < -0.39 is 4.92 Å². The molecule has 0 N–H and O–H groups in total. The molecule has 0 saturated carbocycles. The molecule has 29 heavy (non-hydrogen) atoms. The summed E-state index contributed by atoms with van der Waals surface area (Å²) in [6.07, 6.45) is 1.42. The predicted octanol–water partition coefficient (Wildman–Crippen LogP) is 3.22. The number of benzene rings is 2. The molecule has 1 aliphatic heterocycles. The summed E-state index contributed by atoms with van der Waals surface area (Å²) in [5.41, 5.74) is 3.87. The van der Waals surface area contributed by atoms with Gasteiger partial charge < -0.3 is 14.9 Å². The minimum absolute atomic E-state index is 0.194. The molecule has 4 rings (SSSR count). The molecule has 2 heterocycles. The van der Waals surface area contributed by atoms with Crippen LogP contribution >= 0.6 is 0 Å². The van der Waals surface area contributed by atoms with Gasteiger partial charge in [-0.25, -0.2) is 0 Å². The van der Waals surface area contributed by atoms with Crippen LogP contribution in [0.2, 0.25) is 0 Å². The van der Waals surface area contributed by atoms with E-state index in [1.807, 2.05) is 30.3 Å². The number of fused-ring (bicyclic) bond motifs is 1. The van der Waals surface area contributed by atoms with Gasteiger partial charge in [0.05, 0.1) is 11.6 Å². The summed E-state index contributed by atoms with van der Waals surface area (Å²) in [7, 11) is 0. The maximum absolute atomic E-state index is 10.9. The zero-order valence-corrected chi connectivity index (χ0v) is 15.7. The Morgan fingerprint density at radius 1 is 1.14 bits per heavy atom. The van der Waals surface area contributed by atoms with E-state index in [1.165, 1.54) is 6.20 Å². The van der Waals surface area contributed by atoms with Crippen molar-refractivity contribution in [2.45, 2.75) is 13.1 Å². The van der Waals surface area contributed by atoms with E-state index in [1.54, 1.807) is 10.6 Å². The van der Waals surface area contributed by atoms with Crippen molar-refractivity contribution in [3.8, 4) is 23.2 Å². The van der Waals surface area contributed by atoms with Crippen molar-refractivity contribution < 1.29 is 9.66 Å². The van der Waals surface area contributed by atoms with E-state index >= 15 is 0 Å². The molecular formula is C21H19N5O3. The Balaban J connectivity index is 1.48. The molecule has 0 radical (unpaired) electrons. The Hall–Kier alpha value is -3.70. The van der Waals surface area contributed by atoms with Gasteiger partial charge in [0.25, 0.3) is 0 Å².